The van der Waals surface area contributed by atoms with E-state index in [2.05, 4.69) is 15.3 Å². The maximum Gasteiger partial charge on any atom is 0.254 e. The molecule has 30 heavy (non-hydrogen) atoms. The Morgan fingerprint density at radius 1 is 1.10 bits per heavy atom. The van der Waals surface area contributed by atoms with Crippen molar-refractivity contribution < 1.29 is 13.6 Å². The van der Waals surface area contributed by atoms with Crippen LogP contribution in [-0.2, 0) is 6.54 Å². The first-order chi connectivity index (χ1) is 14.5. The number of halogens is 3. The molecule has 3 aromatic rings. The van der Waals surface area contributed by atoms with Gasteiger partial charge in [0.25, 0.3) is 5.91 Å². The van der Waals surface area contributed by atoms with Crippen LogP contribution < -0.4 is 5.32 Å². The Morgan fingerprint density at radius 3 is 2.53 bits per heavy atom. The fourth-order valence-electron chi connectivity index (χ4n) is 3.58. The van der Waals surface area contributed by atoms with E-state index in [9.17, 15) is 13.6 Å². The summed E-state index contributed by atoms with van der Waals surface area (Å²) in [5.74, 6) is -1.82. The molecule has 1 N–H and O–H groups in total. The number of rotatable bonds is 5. The van der Waals surface area contributed by atoms with Crippen LogP contribution in [0.1, 0.15) is 28.8 Å². The Balaban J connectivity index is 1.29. The summed E-state index contributed by atoms with van der Waals surface area (Å²) in [6.45, 7) is 2.10. The summed E-state index contributed by atoms with van der Waals surface area (Å²) in [5, 5.41) is 7.95. The van der Waals surface area contributed by atoms with Crippen molar-refractivity contribution in [1.82, 2.24) is 20.0 Å². The van der Waals surface area contributed by atoms with Gasteiger partial charge in [-0.3, -0.25) is 9.69 Å². The van der Waals surface area contributed by atoms with Crippen LogP contribution in [0.3, 0.4) is 0 Å². The molecular weight excluding hydrogens is 410 g/mol. The number of carbonyl (C=O) groups is 1. The molecular formula is C22H21ClF2N4O. The topological polar surface area (TPSA) is 50.2 Å². The van der Waals surface area contributed by atoms with Crippen LogP contribution in [0.5, 0.6) is 0 Å². The zero-order valence-corrected chi connectivity index (χ0v) is 16.9. The summed E-state index contributed by atoms with van der Waals surface area (Å²) >= 11 is 5.90. The minimum atomic E-state index is -0.834. The number of benzene rings is 2. The molecule has 5 nitrogen and oxygen atoms in total. The molecule has 0 spiro atoms. The Labute approximate surface area is 178 Å². The van der Waals surface area contributed by atoms with E-state index in [4.69, 9.17) is 11.6 Å². The van der Waals surface area contributed by atoms with Gasteiger partial charge in [-0.1, -0.05) is 17.7 Å². The highest BCUT2D eigenvalue weighted by Gasteiger charge is 2.22. The summed E-state index contributed by atoms with van der Waals surface area (Å²) in [6.07, 6.45) is 4.82. The van der Waals surface area contributed by atoms with Gasteiger partial charge in [0.1, 0.15) is 0 Å². The van der Waals surface area contributed by atoms with E-state index in [1.165, 1.54) is 6.07 Å². The highest BCUT2D eigenvalue weighted by molar-refractivity contribution is 6.30. The monoisotopic (exact) mass is 430 g/mol. The number of hydrogen-bond donors (Lipinski definition) is 1. The molecule has 1 saturated heterocycles. The van der Waals surface area contributed by atoms with Crippen molar-refractivity contribution >= 4 is 17.5 Å². The van der Waals surface area contributed by atoms with Gasteiger partial charge in [-0.2, -0.15) is 5.10 Å². The second kappa shape index (κ2) is 8.93. The fraction of sp³-hybridized carbons (Fsp3) is 0.273. The minimum Gasteiger partial charge on any atom is -0.349 e. The Hall–Kier alpha value is -2.77. The van der Waals surface area contributed by atoms with Gasteiger partial charge >= 0.3 is 0 Å². The van der Waals surface area contributed by atoms with Crippen molar-refractivity contribution in [2.24, 2.45) is 0 Å². The molecule has 2 aromatic carbocycles. The van der Waals surface area contributed by atoms with Gasteiger partial charge in [-0.15, -0.1) is 0 Å². The van der Waals surface area contributed by atoms with Crippen molar-refractivity contribution in [1.29, 1.82) is 0 Å². The maximum absolute atomic E-state index is 13.4. The molecule has 0 aliphatic carbocycles. The molecule has 0 radical (unpaired) electrons. The Kier molecular flexibility index (Phi) is 6.11. The van der Waals surface area contributed by atoms with Crippen molar-refractivity contribution in [3.63, 3.8) is 0 Å². The molecule has 1 amide bonds. The standard InChI is InChI=1S/C22H21ClF2N4O/c23-17-2-4-19(5-3-17)29-14-16(12-26-29)22(30)27-18-7-9-28(10-8-18)13-15-1-6-20(24)21(25)11-15/h1-6,11-12,14,18H,7-10,13H2,(H,27,30). The molecule has 2 heterocycles. The van der Waals surface area contributed by atoms with E-state index in [1.807, 2.05) is 12.1 Å². The maximum atomic E-state index is 13.4. The fourth-order valence-corrected chi connectivity index (χ4v) is 3.70. The molecule has 0 atom stereocenters. The quantitative estimate of drug-likeness (QED) is 0.660. The minimum absolute atomic E-state index is 0.0672. The number of nitrogens with one attached hydrogen (secondary N) is 1. The van der Waals surface area contributed by atoms with Crippen LogP contribution in [-0.4, -0.2) is 39.7 Å². The van der Waals surface area contributed by atoms with E-state index < -0.39 is 11.6 Å². The summed E-state index contributed by atoms with van der Waals surface area (Å²) in [7, 11) is 0. The van der Waals surface area contributed by atoms with Crippen molar-refractivity contribution in [2.75, 3.05) is 13.1 Å². The second-order valence-electron chi connectivity index (χ2n) is 7.42. The van der Waals surface area contributed by atoms with Gasteiger partial charge < -0.3 is 5.32 Å². The summed E-state index contributed by atoms with van der Waals surface area (Å²) < 4.78 is 28.1. The van der Waals surface area contributed by atoms with Gasteiger partial charge in [0, 0.05) is 36.9 Å². The molecule has 4 rings (SSSR count). The predicted molar refractivity (Wildman–Crippen MR) is 111 cm³/mol. The highest BCUT2D eigenvalue weighted by Crippen LogP contribution is 2.17. The average Bonchev–Trinajstić information content (AvgIpc) is 3.23. The molecule has 1 aliphatic rings. The summed E-state index contributed by atoms with van der Waals surface area (Å²) in [5.41, 5.74) is 2.06. The largest absolute Gasteiger partial charge is 0.349 e. The van der Waals surface area contributed by atoms with Gasteiger partial charge in [-0.25, -0.2) is 13.5 Å². The summed E-state index contributed by atoms with van der Waals surface area (Å²) in [6, 6.07) is 11.3. The molecule has 1 fully saturated rings. The van der Waals surface area contributed by atoms with Crippen LogP contribution >= 0.6 is 11.6 Å². The number of carbonyl (C=O) groups excluding carboxylic acids is 1. The average molecular weight is 431 g/mol. The van der Waals surface area contributed by atoms with E-state index in [0.29, 0.717) is 17.1 Å². The third-order valence-electron chi connectivity index (χ3n) is 5.25. The lowest BCUT2D eigenvalue weighted by molar-refractivity contribution is 0.0909. The van der Waals surface area contributed by atoms with Crippen molar-refractivity contribution in [3.8, 4) is 5.69 Å². The van der Waals surface area contributed by atoms with Gasteiger partial charge in [0.15, 0.2) is 11.6 Å². The lowest BCUT2D eigenvalue weighted by atomic mass is 10.0. The number of likely N-dealkylation sites (tertiary alicyclic amines) is 1. The van der Waals surface area contributed by atoms with E-state index >= 15 is 0 Å². The lowest BCUT2D eigenvalue weighted by Crippen LogP contribution is -2.44. The highest BCUT2D eigenvalue weighted by atomic mass is 35.5. The van der Waals surface area contributed by atoms with Crippen LogP contribution in [0.4, 0.5) is 8.78 Å². The number of piperidine rings is 1. The Morgan fingerprint density at radius 2 is 1.83 bits per heavy atom. The van der Waals surface area contributed by atoms with Crippen molar-refractivity contribution in [2.45, 2.75) is 25.4 Å². The molecule has 1 aromatic heterocycles. The number of amides is 1. The van der Waals surface area contributed by atoms with Crippen LogP contribution in [0.15, 0.2) is 54.9 Å². The first kappa shape index (κ1) is 20.5. The molecule has 156 valence electrons. The third-order valence-corrected chi connectivity index (χ3v) is 5.50. The normalized spacial score (nSPS) is 15.3. The Bertz CT molecular complexity index is 1030. The van der Waals surface area contributed by atoms with Gasteiger partial charge in [0.2, 0.25) is 0 Å². The van der Waals surface area contributed by atoms with E-state index in [0.717, 1.165) is 43.2 Å². The molecule has 1 aliphatic heterocycles. The number of aromatic nitrogens is 2. The van der Waals surface area contributed by atoms with E-state index in [1.54, 1.807) is 35.3 Å². The predicted octanol–water partition coefficient (Wildman–Crippen LogP) is 4.20. The number of nitrogens with zero attached hydrogens (tertiary/aromatic N) is 3. The summed E-state index contributed by atoms with van der Waals surface area (Å²) in [4.78, 5) is 14.8. The van der Waals surface area contributed by atoms with Crippen molar-refractivity contribution in [3.05, 3.63) is 82.6 Å². The van der Waals surface area contributed by atoms with Gasteiger partial charge in [0.05, 0.1) is 17.4 Å². The van der Waals surface area contributed by atoms with Crippen LogP contribution in [0.2, 0.25) is 5.02 Å². The first-order valence-corrected chi connectivity index (χ1v) is 10.1. The molecule has 8 heteroatoms. The zero-order valence-electron chi connectivity index (χ0n) is 16.2. The van der Waals surface area contributed by atoms with Crippen LogP contribution in [0.25, 0.3) is 5.69 Å². The lowest BCUT2D eigenvalue weighted by Gasteiger charge is -2.32. The smallest absolute Gasteiger partial charge is 0.254 e. The van der Waals surface area contributed by atoms with E-state index in [-0.39, 0.29) is 11.9 Å². The third kappa shape index (κ3) is 4.86. The van der Waals surface area contributed by atoms with Gasteiger partial charge in [-0.05, 0) is 54.8 Å². The first-order valence-electron chi connectivity index (χ1n) is 9.76. The molecule has 0 unspecified atom stereocenters. The SMILES string of the molecule is O=C(NC1CCN(Cc2ccc(F)c(F)c2)CC1)c1cnn(-c2ccc(Cl)cc2)c1. The molecule has 0 saturated carbocycles. The second-order valence-corrected chi connectivity index (χ2v) is 7.86. The molecule has 0 bridgehead atoms. The zero-order chi connectivity index (χ0) is 21.1. The number of hydrogen-bond acceptors (Lipinski definition) is 3. The van der Waals surface area contributed by atoms with Crippen LogP contribution in [0, 0.1) is 11.6 Å².